The minimum atomic E-state index is -0.154. The molecule has 0 saturated heterocycles. The molecule has 0 fully saturated rings. The summed E-state index contributed by atoms with van der Waals surface area (Å²) in [5.41, 5.74) is 1.29. The summed E-state index contributed by atoms with van der Waals surface area (Å²) in [5, 5.41) is 10.2. The van der Waals surface area contributed by atoms with Gasteiger partial charge in [0.1, 0.15) is 0 Å². The Kier molecular flexibility index (Phi) is 3.24. The first-order valence-corrected chi connectivity index (χ1v) is 4.45. The van der Waals surface area contributed by atoms with Gasteiger partial charge in [-0.05, 0) is 24.1 Å². The van der Waals surface area contributed by atoms with Crippen molar-refractivity contribution in [3.63, 3.8) is 0 Å². The summed E-state index contributed by atoms with van der Waals surface area (Å²) in [4.78, 5) is 0. The Morgan fingerprint density at radius 1 is 1.25 bits per heavy atom. The predicted octanol–water partition coefficient (Wildman–Crippen LogP) is 3.45. The molecule has 0 bridgehead atoms. The van der Waals surface area contributed by atoms with Gasteiger partial charge in [0.25, 0.3) is 0 Å². The molecule has 1 nitrogen and oxygen atoms in total. The molecular weight excluding hydrogens is 218 g/mol. The molecule has 1 N–H and O–H groups in total. The second kappa shape index (κ2) is 3.84. The van der Waals surface area contributed by atoms with E-state index in [1.807, 2.05) is 0 Å². The van der Waals surface area contributed by atoms with Crippen molar-refractivity contribution in [2.45, 2.75) is 13.5 Å². The normalized spacial score (nSPS) is 10.4. The van der Waals surface area contributed by atoms with Crippen LogP contribution in [0.4, 0.5) is 0 Å². The van der Waals surface area contributed by atoms with Gasteiger partial charge in [0, 0.05) is 5.02 Å². The van der Waals surface area contributed by atoms with E-state index >= 15 is 0 Å². The molecule has 0 unspecified atom stereocenters. The Labute approximate surface area is 85.9 Å². The van der Waals surface area contributed by atoms with Gasteiger partial charge in [-0.15, -0.1) is 0 Å². The lowest BCUT2D eigenvalue weighted by molar-refractivity contribution is 0.282. The SMILES string of the molecule is Cc1c(Cl)cc(CO)c(Cl)c1Cl. The molecule has 66 valence electrons. The minimum Gasteiger partial charge on any atom is -0.392 e. The van der Waals surface area contributed by atoms with E-state index < -0.39 is 0 Å². The van der Waals surface area contributed by atoms with E-state index in [1.165, 1.54) is 0 Å². The van der Waals surface area contributed by atoms with Gasteiger partial charge < -0.3 is 5.11 Å². The van der Waals surface area contributed by atoms with Crippen molar-refractivity contribution >= 4 is 34.8 Å². The lowest BCUT2D eigenvalue weighted by Crippen LogP contribution is -1.89. The first-order valence-electron chi connectivity index (χ1n) is 3.31. The fourth-order valence-corrected chi connectivity index (χ4v) is 1.60. The summed E-state index contributed by atoms with van der Waals surface area (Å²) in [7, 11) is 0. The molecule has 0 atom stereocenters. The van der Waals surface area contributed by atoms with E-state index in [2.05, 4.69) is 0 Å². The predicted molar refractivity (Wildman–Crippen MR) is 52.1 cm³/mol. The zero-order chi connectivity index (χ0) is 9.30. The average molecular weight is 226 g/mol. The molecule has 12 heavy (non-hydrogen) atoms. The Bertz CT molecular complexity index is 310. The third kappa shape index (κ3) is 1.69. The second-order valence-corrected chi connectivity index (χ2v) is 3.59. The van der Waals surface area contributed by atoms with Gasteiger partial charge in [0.2, 0.25) is 0 Å². The Hall–Kier alpha value is 0.0500. The molecule has 0 amide bonds. The number of aliphatic hydroxyl groups is 1. The highest BCUT2D eigenvalue weighted by molar-refractivity contribution is 6.44. The maximum atomic E-state index is 8.86. The second-order valence-electron chi connectivity index (χ2n) is 2.43. The lowest BCUT2D eigenvalue weighted by Gasteiger charge is -2.07. The van der Waals surface area contributed by atoms with Gasteiger partial charge in [0.15, 0.2) is 0 Å². The molecule has 0 aliphatic heterocycles. The fourth-order valence-electron chi connectivity index (χ4n) is 0.850. The summed E-state index contributed by atoms with van der Waals surface area (Å²) < 4.78 is 0. The van der Waals surface area contributed by atoms with Crippen LogP contribution in [0.15, 0.2) is 6.07 Å². The molecule has 0 aliphatic rings. The van der Waals surface area contributed by atoms with Crippen molar-refractivity contribution in [2.75, 3.05) is 0 Å². The maximum absolute atomic E-state index is 8.86. The van der Waals surface area contributed by atoms with Crippen molar-refractivity contribution in [3.8, 4) is 0 Å². The molecule has 0 radical (unpaired) electrons. The highest BCUT2D eigenvalue weighted by Gasteiger charge is 2.10. The fraction of sp³-hybridized carbons (Fsp3) is 0.250. The van der Waals surface area contributed by atoms with Gasteiger partial charge in [0.05, 0.1) is 16.7 Å². The Balaban J connectivity index is 3.39. The van der Waals surface area contributed by atoms with Crippen LogP contribution in [0.1, 0.15) is 11.1 Å². The van der Waals surface area contributed by atoms with E-state index in [-0.39, 0.29) is 6.61 Å². The van der Waals surface area contributed by atoms with Gasteiger partial charge in [-0.25, -0.2) is 0 Å². The Morgan fingerprint density at radius 3 is 2.33 bits per heavy atom. The van der Waals surface area contributed by atoms with Gasteiger partial charge in [-0.3, -0.25) is 0 Å². The highest BCUT2D eigenvalue weighted by Crippen LogP contribution is 2.33. The van der Waals surface area contributed by atoms with E-state index in [0.717, 1.165) is 5.56 Å². The van der Waals surface area contributed by atoms with Crippen LogP contribution in [0.5, 0.6) is 0 Å². The van der Waals surface area contributed by atoms with Crippen LogP contribution in [-0.4, -0.2) is 5.11 Å². The van der Waals surface area contributed by atoms with E-state index in [1.54, 1.807) is 13.0 Å². The Morgan fingerprint density at radius 2 is 1.83 bits per heavy atom. The smallest absolute Gasteiger partial charge is 0.0697 e. The molecule has 1 aromatic carbocycles. The van der Waals surface area contributed by atoms with Gasteiger partial charge in [-0.2, -0.15) is 0 Å². The first-order chi connectivity index (χ1) is 5.57. The maximum Gasteiger partial charge on any atom is 0.0697 e. The molecule has 1 aromatic rings. The van der Waals surface area contributed by atoms with E-state index in [4.69, 9.17) is 39.9 Å². The minimum absolute atomic E-state index is 0.154. The number of aliphatic hydroxyl groups excluding tert-OH is 1. The molecule has 0 heterocycles. The van der Waals surface area contributed by atoms with Crippen LogP contribution in [-0.2, 0) is 6.61 Å². The largest absolute Gasteiger partial charge is 0.392 e. The summed E-state index contributed by atoms with van der Waals surface area (Å²) in [5.74, 6) is 0. The third-order valence-corrected chi connectivity index (χ3v) is 3.03. The number of benzene rings is 1. The molecule has 0 saturated carbocycles. The van der Waals surface area contributed by atoms with Crippen LogP contribution >= 0.6 is 34.8 Å². The monoisotopic (exact) mass is 224 g/mol. The van der Waals surface area contributed by atoms with E-state index in [0.29, 0.717) is 20.6 Å². The van der Waals surface area contributed by atoms with Crippen LogP contribution in [0.3, 0.4) is 0 Å². The number of hydrogen-bond acceptors (Lipinski definition) is 1. The molecule has 0 aromatic heterocycles. The number of halogens is 3. The summed E-state index contributed by atoms with van der Waals surface area (Å²) in [6.45, 7) is 1.62. The molecule has 1 rings (SSSR count). The summed E-state index contributed by atoms with van der Waals surface area (Å²) in [6, 6.07) is 1.62. The van der Waals surface area contributed by atoms with Crippen molar-refractivity contribution < 1.29 is 5.11 Å². The molecule has 0 spiro atoms. The van der Waals surface area contributed by atoms with E-state index in [9.17, 15) is 0 Å². The van der Waals surface area contributed by atoms with Crippen LogP contribution < -0.4 is 0 Å². The quantitative estimate of drug-likeness (QED) is 0.726. The first kappa shape index (κ1) is 10.1. The summed E-state index contributed by atoms with van der Waals surface area (Å²) in [6.07, 6.45) is 0. The van der Waals surface area contributed by atoms with Crippen molar-refractivity contribution in [3.05, 3.63) is 32.3 Å². The number of rotatable bonds is 1. The standard InChI is InChI=1S/C8H7Cl3O/c1-4-6(9)2-5(3-12)8(11)7(4)10/h2,12H,3H2,1H3. The zero-order valence-electron chi connectivity index (χ0n) is 6.37. The topological polar surface area (TPSA) is 20.2 Å². The molecule has 4 heteroatoms. The third-order valence-electron chi connectivity index (χ3n) is 1.63. The average Bonchev–Trinajstić information content (AvgIpc) is 2.08. The van der Waals surface area contributed by atoms with Crippen LogP contribution in [0.25, 0.3) is 0 Å². The number of hydrogen-bond donors (Lipinski definition) is 1. The van der Waals surface area contributed by atoms with Crippen molar-refractivity contribution in [1.82, 2.24) is 0 Å². The van der Waals surface area contributed by atoms with Crippen molar-refractivity contribution in [2.24, 2.45) is 0 Å². The lowest BCUT2D eigenvalue weighted by atomic mass is 10.1. The van der Waals surface area contributed by atoms with Gasteiger partial charge >= 0.3 is 0 Å². The van der Waals surface area contributed by atoms with Crippen LogP contribution in [0.2, 0.25) is 15.1 Å². The van der Waals surface area contributed by atoms with Gasteiger partial charge in [-0.1, -0.05) is 34.8 Å². The highest BCUT2D eigenvalue weighted by atomic mass is 35.5. The molecule has 0 aliphatic carbocycles. The molecular formula is C8H7Cl3O. The summed E-state index contributed by atoms with van der Waals surface area (Å²) >= 11 is 17.5. The van der Waals surface area contributed by atoms with Crippen molar-refractivity contribution in [1.29, 1.82) is 0 Å². The van der Waals surface area contributed by atoms with Crippen LogP contribution in [0, 0.1) is 6.92 Å². The zero-order valence-corrected chi connectivity index (χ0v) is 8.63.